The summed E-state index contributed by atoms with van der Waals surface area (Å²) in [5, 5.41) is 0. The van der Waals surface area contributed by atoms with Gasteiger partial charge in [0.1, 0.15) is 13.2 Å². The van der Waals surface area contributed by atoms with Gasteiger partial charge in [0.2, 0.25) is 0 Å². The minimum atomic E-state index is -0.816. The highest BCUT2D eigenvalue weighted by Gasteiger charge is 2.19. The maximum absolute atomic E-state index is 12.9. The van der Waals surface area contributed by atoms with E-state index < -0.39 is 6.10 Å². The Labute approximate surface area is 513 Å². The Bertz CT molecular complexity index is 1750. The number of esters is 3. The predicted molar refractivity (Wildman–Crippen MR) is 362 cm³/mol. The van der Waals surface area contributed by atoms with Crippen molar-refractivity contribution < 1.29 is 28.6 Å². The van der Waals surface area contributed by atoms with Crippen LogP contribution < -0.4 is 0 Å². The third-order valence-electron chi connectivity index (χ3n) is 14.6. The van der Waals surface area contributed by atoms with Crippen LogP contribution in [0, 0.1) is 0 Å². The lowest BCUT2D eigenvalue weighted by atomic mass is 10.0. The van der Waals surface area contributed by atoms with E-state index in [1.165, 1.54) is 141 Å². The van der Waals surface area contributed by atoms with Gasteiger partial charge in [0, 0.05) is 19.3 Å². The monoisotopic (exact) mass is 1150 g/mol. The third-order valence-corrected chi connectivity index (χ3v) is 14.6. The predicted octanol–water partition coefficient (Wildman–Crippen LogP) is 24.1. The van der Waals surface area contributed by atoms with E-state index in [2.05, 4.69) is 154 Å². The molecule has 0 amide bonds. The van der Waals surface area contributed by atoms with Crippen LogP contribution in [0.2, 0.25) is 0 Å². The molecule has 0 N–H and O–H groups in total. The van der Waals surface area contributed by atoms with Gasteiger partial charge in [-0.15, -0.1) is 0 Å². The molecule has 0 radical (unpaired) electrons. The molecule has 0 saturated heterocycles. The van der Waals surface area contributed by atoms with E-state index in [0.717, 1.165) is 128 Å². The summed E-state index contributed by atoms with van der Waals surface area (Å²) in [4.78, 5) is 38.4. The smallest absolute Gasteiger partial charge is 0.306 e. The van der Waals surface area contributed by atoms with Gasteiger partial charge in [-0.1, -0.05) is 296 Å². The normalized spacial score (nSPS) is 13.0. The van der Waals surface area contributed by atoms with Crippen molar-refractivity contribution in [3.05, 3.63) is 134 Å². The maximum atomic E-state index is 12.9. The molecule has 83 heavy (non-hydrogen) atoms. The van der Waals surface area contributed by atoms with Crippen molar-refractivity contribution in [3.63, 3.8) is 0 Å². The number of ether oxygens (including phenoxy) is 3. The molecule has 1 atom stereocenters. The Morgan fingerprint density at radius 3 is 0.759 bits per heavy atom. The van der Waals surface area contributed by atoms with E-state index in [9.17, 15) is 14.4 Å². The van der Waals surface area contributed by atoms with E-state index in [4.69, 9.17) is 14.2 Å². The molecule has 1 unspecified atom stereocenters. The van der Waals surface area contributed by atoms with Crippen LogP contribution in [-0.2, 0) is 28.6 Å². The van der Waals surface area contributed by atoms with Crippen molar-refractivity contribution in [2.24, 2.45) is 0 Å². The first-order valence-electron chi connectivity index (χ1n) is 34.7. The summed E-state index contributed by atoms with van der Waals surface area (Å²) < 4.78 is 16.9. The first-order chi connectivity index (χ1) is 41.0. The number of allylic oxidation sites excluding steroid dienone is 22. The third kappa shape index (κ3) is 68.2. The SMILES string of the molecule is CC/C=C\C/C=C\C/C=C\C/C=C\C/C=C\CCCCCC(=O)OCC(COC(=O)CCCCCCCCCCCCCCCCC/C=C\CCCCCCCCCC)OC(=O)CCCCC/C=C\C/C=C\C/C=C\C/C=C\C/C=C\CC. The number of hydrogen-bond donors (Lipinski definition) is 0. The van der Waals surface area contributed by atoms with Gasteiger partial charge in [0.25, 0.3) is 0 Å². The van der Waals surface area contributed by atoms with Crippen LogP contribution in [0.5, 0.6) is 0 Å². The Hall–Kier alpha value is -4.45. The molecule has 0 aliphatic heterocycles. The summed E-state index contributed by atoms with van der Waals surface area (Å²) in [6.07, 6.45) is 99.1. The zero-order valence-electron chi connectivity index (χ0n) is 54.2. The van der Waals surface area contributed by atoms with E-state index in [-0.39, 0.29) is 37.5 Å². The van der Waals surface area contributed by atoms with E-state index in [0.29, 0.717) is 19.3 Å². The molecule has 0 aromatic carbocycles. The lowest BCUT2D eigenvalue weighted by Gasteiger charge is -2.18. The summed E-state index contributed by atoms with van der Waals surface area (Å²) in [6.45, 7) is 6.38. The fourth-order valence-corrected chi connectivity index (χ4v) is 9.49. The van der Waals surface area contributed by atoms with Crippen molar-refractivity contribution in [3.8, 4) is 0 Å². The lowest BCUT2D eigenvalue weighted by Crippen LogP contribution is -2.30. The van der Waals surface area contributed by atoms with Gasteiger partial charge >= 0.3 is 17.9 Å². The fourth-order valence-electron chi connectivity index (χ4n) is 9.49. The molecule has 0 spiro atoms. The summed E-state index contributed by atoms with van der Waals surface area (Å²) in [5.41, 5.74) is 0. The highest BCUT2D eigenvalue weighted by Crippen LogP contribution is 2.16. The van der Waals surface area contributed by atoms with Gasteiger partial charge in [-0.05, 0) is 135 Å². The van der Waals surface area contributed by atoms with Gasteiger partial charge in [-0.2, -0.15) is 0 Å². The van der Waals surface area contributed by atoms with Crippen LogP contribution >= 0.6 is 0 Å². The molecule has 0 aliphatic carbocycles. The number of hydrogen-bond acceptors (Lipinski definition) is 6. The Balaban J connectivity index is 4.42. The molecule has 0 saturated carbocycles. The molecular formula is C77H128O6. The van der Waals surface area contributed by atoms with Crippen molar-refractivity contribution in [1.29, 1.82) is 0 Å². The molecule has 6 heteroatoms. The molecular weight excluding hydrogens is 1020 g/mol. The molecule has 0 rings (SSSR count). The molecule has 0 bridgehead atoms. The van der Waals surface area contributed by atoms with E-state index >= 15 is 0 Å². The largest absolute Gasteiger partial charge is 0.462 e. The van der Waals surface area contributed by atoms with E-state index in [1.54, 1.807) is 0 Å². The first-order valence-corrected chi connectivity index (χ1v) is 34.7. The van der Waals surface area contributed by atoms with E-state index in [1.807, 2.05) is 0 Å². The highest BCUT2D eigenvalue weighted by atomic mass is 16.6. The molecule has 0 heterocycles. The van der Waals surface area contributed by atoms with Crippen molar-refractivity contribution in [1.82, 2.24) is 0 Å². The summed E-state index contributed by atoms with van der Waals surface area (Å²) >= 11 is 0. The van der Waals surface area contributed by atoms with Gasteiger partial charge < -0.3 is 14.2 Å². The second-order valence-electron chi connectivity index (χ2n) is 22.7. The van der Waals surface area contributed by atoms with Gasteiger partial charge in [0.05, 0.1) is 0 Å². The second kappa shape index (κ2) is 70.0. The Morgan fingerprint density at radius 2 is 0.470 bits per heavy atom. The number of carbonyl (C=O) groups is 3. The van der Waals surface area contributed by atoms with Crippen molar-refractivity contribution >= 4 is 17.9 Å². The summed E-state index contributed by atoms with van der Waals surface area (Å²) in [6, 6.07) is 0. The Morgan fingerprint density at radius 1 is 0.253 bits per heavy atom. The molecule has 0 fully saturated rings. The standard InChI is InChI=1S/C77H128O6/c1-4-7-10-13-16-19-22-25-28-31-34-35-36-37-38-39-40-41-44-46-49-52-55-58-61-64-67-70-76(79)82-73-74(83-77(80)71-68-65-62-59-56-53-50-47-43-33-30-27-24-21-18-15-12-9-6-3)72-81-75(78)69-66-63-60-57-54-51-48-45-42-32-29-26-23-20-17-14-11-8-5-2/h8-9,11-12,17-18,20-21,26-27,29-31,34,42-43,45,47,51,53-54,56,74H,4-7,10,13-16,19,22-25,28,32-33,35-41,44,46,48-50,52,55,57-73H2,1-3H3/b11-8-,12-9-,20-17-,21-18-,29-26-,30-27-,34-31-,45-42-,47-43-,54-51-,56-53-. The van der Waals surface area contributed by atoms with Crippen LogP contribution in [0.4, 0.5) is 0 Å². The van der Waals surface area contributed by atoms with Crippen LogP contribution in [0.1, 0.15) is 316 Å². The lowest BCUT2D eigenvalue weighted by molar-refractivity contribution is -0.167. The van der Waals surface area contributed by atoms with Crippen molar-refractivity contribution in [2.75, 3.05) is 13.2 Å². The van der Waals surface area contributed by atoms with Gasteiger partial charge in [-0.3, -0.25) is 14.4 Å². The average molecular weight is 1150 g/mol. The number of unbranched alkanes of at least 4 members (excludes halogenated alkanes) is 29. The van der Waals surface area contributed by atoms with Crippen LogP contribution in [0.15, 0.2) is 134 Å². The van der Waals surface area contributed by atoms with Gasteiger partial charge in [0.15, 0.2) is 6.10 Å². The second-order valence-corrected chi connectivity index (χ2v) is 22.7. The average Bonchev–Trinajstić information content (AvgIpc) is 3.50. The summed E-state index contributed by atoms with van der Waals surface area (Å²) in [7, 11) is 0. The highest BCUT2D eigenvalue weighted by molar-refractivity contribution is 5.71. The minimum Gasteiger partial charge on any atom is -0.462 e. The topological polar surface area (TPSA) is 78.9 Å². The van der Waals surface area contributed by atoms with Crippen LogP contribution in [-0.4, -0.2) is 37.2 Å². The molecule has 0 aliphatic rings. The van der Waals surface area contributed by atoms with Gasteiger partial charge in [-0.25, -0.2) is 0 Å². The zero-order valence-corrected chi connectivity index (χ0v) is 54.2. The van der Waals surface area contributed by atoms with Crippen LogP contribution in [0.25, 0.3) is 0 Å². The minimum absolute atomic E-state index is 0.105. The first kappa shape index (κ1) is 78.5. The quantitative estimate of drug-likeness (QED) is 0.0261. The van der Waals surface area contributed by atoms with Crippen LogP contribution in [0.3, 0.4) is 0 Å². The maximum Gasteiger partial charge on any atom is 0.306 e. The van der Waals surface area contributed by atoms with Crippen molar-refractivity contribution in [2.45, 2.75) is 322 Å². The Kier molecular flexibility index (Phi) is 66.3. The zero-order chi connectivity index (χ0) is 59.9. The number of rotatable bonds is 62. The fraction of sp³-hybridized carbons (Fsp3) is 0.675. The molecule has 0 aromatic rings. The molecule has 6 nitrogen and oxygen atoms in total. The number of carbonyl (C=O) groups excluding carboxylic acids is 3. The summed E-state index contributed by atoms with van der Waals surface area (Å²) in [5.74, 6) is -0.964. The molecule has 472 valence electrons. The molecule has 0 aromatic heterocycles.